The summed E-state index contributed by atoms with van der Waals surface area (Å²) in [5, 5.41) is 0. The monoisotopic (exact) mass is 391 g/mol. The lowest BCUT2D eigenvalue weighted by Gasteiger charge is -2.22. The molecule has 0 amide bonds. The van der Waals surface area contributed by atoms with Gasteiger partial charge in [0.1, 0.15) is 0 Å². The number of hydrogen-bond donors (Lipinski definition) is 1. The Hall–Kier alpha value is -1.50. The molecule has 0 radical (unpaired) electrons. The Labute approximate surface area is 160 Å². The molecule has 1 fully saturated rings. The first-order valence-electron chi connectivity index (χ1n) is 8.79. The molecule has 26 heavy (non-hydrogen) atoms. The average Bonchev–Trinajstić information content (AvgIpc) is 3.08. The lowest BCUT2D eigenvalue weighted by molar-refractivity contribution is 0.483. The number of hydrogen-bond acceptors (Lipinski definition) is 4. The standard InChI is InChI=1S/C20H25NO3S2/c1-20(2,3)15-6-8-16(9-7-15)25-19-14-17(26(22,23)24)10-11-18(19)21-12-4-5-13-21/h6-11,14H,4-5,12-13H2,1-3H3,(H,22,23,24). The second-order valence-corrected chi connectivity index (χ2v) is 10.2. The van der Waals surface area contributed by atoms with Gasteiger partial charge in [-0.1, -0.05) is 44.7 Å². The van der Waals surface area contributed by atoms with Crippen molar-refractivity contribution in [1.82, 2.24) is 0 Å². The summed E-state index contributed by atoms with van der Waals surface area (Å²) in [6, 6.07) is 13.2. The van der Waals surface area contributed by atoms with Crippen molar-refractivity contribution in [2.45, 2.75) is 53.7 Å². The van der Waals surface area contributed by atoms with Gasteiger partial charge < -0.3 is 4.90 Å². The van der Waals surface area contributed by atoms with Crippen LogP contribution >= 0.6 is 11.8 Å². The Morgan fingerprint density at radius 2 is 1.62 bits per heavy atom. The fourth-order valence-electron chi connectivity index (χ4n) is 3.11. The summed E-state index contributed by atoms with van der Waals surface area (Å²) in [5.41, 5.74) is 2.38. The molecular weight excluding hydrogens is 366 g/mol. The molecule has 0 aliphatic carbocycles. The third-order valence-electron chi connectivity index (χ3n) is 4.62. The summed E-state index contributed by atoms with van der Waals surface area (Å²) >= 11 is 1.53. The first kappa shape index (κ1) is 19.3. The predicted octanol–water partition coefficient (Wildman–Crippen LogP) is 4.98. The van der Waals surface area contributed by atoms with Gasteiger partial charge in [-0.25, -0.2) is 0 Å². The molecule has 0 atom stereocenters. The Morgan fingerprint density at radius 1 is 1.00 bits per heavy atom. The van der Waals surface area contributed by atoms with Gasteiger partial charge >= 0.3 is 0 Å². The molecule has 1 heterocycles. The topological polar surface area (TPSA) is 57.6 Å². The van der Waals surface area contributed by atoms with Crippen LogP contribution in [0.5, 0.6) is 0 Å². The SMILES string of the molecule is CC(C)(C)c1ccc(Sc2cc(S(=O)(=O)O)ccc2N2CCCC2)cc1. The fourth-order valence-corrected chi connectivity index (χ4v) is 4.70. The maximum atomic E-state index is 11.6. The zero-order valence-corrected chi connectivity index (χ0v) is 17.0. The molecule has 1 aliphatic rings. The number of nitrogens with zero attached hydrogens (tertiary/aromatic N) is 1. The van der Waals surface area contributed by atoms with E-state index in [-0.39, 0.29) is 10.3 Å². The van der Waals surface area contributed by atoms with Crippen LogP contribution in [-0.4, -0.2) is 26.1 Å². The minimum absolute atomic E-state index is 0.0609. The Bertz CT molecular complexity index is 878. The quantitative estimate of drug-likeness (QED) is 0.745. The molecule has 2 aromatic carbocycles. The van der Waals surface area contributed by atoms with Crippen molar-refractivity contribution in [3.8, 4) is 0 Å². The molecule has 1 N–H and O–H groups in total. The minimum Gasteiger partial charge on any atom is -0.371 e. The van der Waals surface area contributed by atoms with E-state index in [0.29, 0.717) is 0 Å². The molecule has 3 rings (SSSR count). The van der Waals surface area contributed by atoms with Gasteiger partial charge in [0, 0.05) is 22.9 Å². The lowest BCUT2D eigenvalue weighted by atomic mass is 9.87. The van der Waals surface area contributed by atoms with E-state index in [4.69, 9.17) is 0 Å². The van der Waals surface area contributed by atoms with Crippen LogP contribution in [0.15, 0.2) is 57.2 Å². The molecule has 2 aromatic rings. The molecule has 1 saturated heterocycles. The summed E-state index contributed by atoms with van der Waals surface area (Å²) < 4.78 is 32.5. The summed E-state index contributed by atoms with van der Waals surface area (Å²) in [6.45, 7) is 8.48. The van der Waals surface area contributed by atoms with E-state index in [9.17, 15) is 13.0 Å². The minimum atomic E-state index is -4.22. The summed E-state index contributed by atoms with van der Waals surface area (Å²) in [5.74, 6) is 0. The average molecular weight is 392 g/mol. The van der Waals surface area contributed by atoms with Crippen molar-refractivity contribution in [2.75, 3.05) is 18.0 Å². The van der Waals surface area contributed by atoms with Crippen LogP contribution < -0.4 is 4.90 Å². The molecule has 140 valence electrons. The van der Waals surface area contributed by atoms with E-state index in [1.807, 2.05) is 0 Å². The molecule has 0 saturated carbocycles. The Kier molecular flexibility index (Phi) is 5.37. The number of anilines is 1. The van der Waals surface area contributed by atoms with E-state index in [2.05, 4.69) is 49.9 Å². The normalized spacial score (nSPS) is 15.5. The Morgan fingerprint density at radius 3 is 2.15 bits per heavy atom. The molecule has 0 aromatic heterocycles. The molecule has 1 aliphatic heterocycles. The van der Waals surface area contributed by atoms with Crippen LogP contribution in [0.25, 0.3) is 0 Å². The van der Waals surface area contributed by atoms with Gasteiger partial charge in [0.05, 0.1) is 10.6 Å². The van der Waals surface area contributed by atoms with Crippen LogP contribution in [0.2, 0.25) is 0 Å². The van der Waals surface area contributed by atoms with Gasteiger partial charge in [-0.05, 0) is 54.2 Å². The summed E-state index contributed by atoms with van der Waals surface area (Å²) in [7, 11) is -4.22. The second kappa shape index (κ2) is 7.25. The zero-order chi connectivity index (χ0) is 18.9. The smallest absolute Gasteiger partial charge is 0.294 e. The van der Waals surface area contributed by atoms with E-state index in [1.165, 1.54) is 23.4 Å². The maximum absolute atomic E-state index is 11.6. The van der Waals surface area contributed by atoms with Gasteiger partial charge in [0.25, 0.3) is 10.1 Å². The van der Waals surface area contributed by atoms with Crippen molar-refractivity contribution in [1.29, 1.82) is 0 Å². The third-order valence-corrected chi connectivity index (χ3v) is 6.53. The third kappa shape index (κ3) is 4.42. The summed E-state index contributed by atoms with van der Waals surface area (Å²) in [6.07, 6.45) is 2.29. The fraction of sp³-hybridized carbons (Fsp3) is 0.400. The highest BCUT2D eigenvalue weighted by molar-refractivity contribution is 7.99. The molecule has 0 spiro atoms. The van der Waals surface area contributed by atoms with E-state index in [1.54, 1.807) is 12.1 Å². The molecule has 0 unspecified atom stereocenters. The predicted molar refractivity (Wildman–Crippen MR) is 107 cm³/mol. The van der Waals surface area contributed by atoms with Crippen LogP contribution in [0, 0.1) is 0 Å². The first-order valence-corrected chi connectivity index (χ1v) is 11.1. The van der Waals surface area contributed by atoms with Crippen molar-refractivity contribution < 1.29 is 13.0 Å². The summed E-state index contributed by atoms with van der Waals surface area (Å²) in [4.78, 5) is 4.12. The van der Waals surface area contributed by atoms with Crippen LogP contribution in [-0.2, 0) is 15.5 Å². The van der Waals surface area contributed by atoms with Crippen molar-refractivity contribution in [3.05, 3.63) is 48.0 Å². The van der Waals surface area contributed by atoms with Crippen LogP contribution in [0.3, 0.4) is 0 Å². The maximum Gasteiger partial charge on any atom is 0.294 e. The number of benzene rings is 2. The van der Waals surface area contributed by atoms with E-state index < -0.39 is 10.1 Å². The van der Waals surface area contributed by atoms with Crippen LogP contribution in [0.1, 0.15) is 39.2 Å². The van der Waals surface area contributed by atoms with Gasteiger partial charge in [-0.3, -0.25) is 4.55 Å². The van der Waals surface area contributed by atoms with Crippen molar-refractivity contribution >= 4 is 27.6 Å². The highest BCUT2D eigenvalue weighted by Crippen LogP contribution is 2.38. The Balaban J connectivity index is 1.96. The van der Waals surface area contributed by atoms with Crippen molar-refractivity contribution in [2.24, 2.45) is 0 Å². The highest BCUT2D eigenvalue weighted by Gasteiger charge is 2.20. The van der Waals surface area contributed by atoms with Crippen LogP contribution in [0.4, 0.5) is 5.69 Å². The molecule has 4 nitrogen and oxygen atoms in total. The van der Waals surface area contributed by atoms with E-state index in [0.717, 1.165) is 41.4 Å². The molecule has 0 bridgehead atoms. The first-order chi connectivity index (χ1) is 12.1. The largest absolute Gasteiger partial charge is 0.371 e. The zero-order valence-electron chi connectivity index (χ0n) is 15.4. The highest BCUT2D eigenvalue weighted by atomic mass is 32.2. The second-order valence-electron chi connectivity index (χ2n) is 7.68. The van der Waals surface area contributed by atoms with Gasteiger partial charge in [-0.15, -0.1) is 0 Å². The lowest BCUT2D eigenvalue weighted by Crippen LogP contribution is -2.18. The van der Waals surface area contributed by atoms with E-state index >= 15 is 0 Å². The molecule has 6 heteroatoms. The molecular formula is C20H25NO3S2. The number of rotatable bonds is 4. The van der Waals surface area contributed by atoms with Gasteiger partial charge in [0.15, 0.2) is 0 Å². The van der Waals surface area contributed by atoms with Gasteiger partial charge in [0.2, 0.25) is 0 Å². The van der Waals surface area contributed by atoms with Crippen molar-refractivity contribution in [3.63, 3.8) is 0 Å². The van der Waals surface area contributed by atoms with Gasteiger partial charge in [-0.2, -0.15) is 8.42 Å².